The van der Waals surface area contributed by atoms with Gasteiger partial charge >= 0.3 is 0 Å². The zero-order valence-corrected chi connectivity index (χ0v) is 11.3. The van der Waals surface area contributed by atoms with Gasteiger partial charge in [-0.3, -0.25) is 0 Å². The average Bonchev–Trinajstić information content (AvgIpc) is 2.40. The molecule has 0 aliphatic rings. The zero-order valence-electron chi connectivity index (χ0n) is 11.3. The molecule has 0 amide bonds. The van der Waals surface area contributed by atoms with Crippen molar-refractivity contribution in [3.8, 4) is 0 Å². The standard InChI is InChI=1S/C13H21N3O3/c1-9-5-10(13(14)16-18)3-4-11(9)6-15-7-12(17)8-19-2/h3-5,12,15,17-18H,6-8H2,1-2H3,(H2,14,16). The van der Waals surface area contributed by atoms with E-state index in [9.17, 15) is 5.11 Å². The molecule has 19 heavy (non-hydrogen) atoms. The first kappa shape index (κ1) is 15.4. The maximum Gasteiger partial charge on any atom is 0.170 e. The van der Waals surface area contributed by atoms with E-state index in [4.69, 9.17) is 15.7 Å². The lowest BCUT2D eigenvalue weighted by Crippen LogP contribution is -2.29. The van der Waals surface area contributed by atoms with Gasteiger partial charge in [-0.05, 0) is 24.1 Å². The van der Waals surface area contributed by atoms with E-state index in [2.05, 4.69) is 10.5 Å². The van der Waals surface area contributed by atoms with Crippen molar-refractivity contribution >= 4 is 5.84 Å². The van der Waals surface area contributed by atoms with E-state index in [1.807, 2.05) is 19.1 Å². The van der Waals surface area contributed by atoms with E-state index in [-0.39, 0.29) is 5.84 Å². The number of oxime groups is 1. The number of benzene rings is 1. The molecule has 0 heterocycles. The molecule has 5 N–H and O–H groups in total. The van der Waals surface area contributed by atoms with Crippen molar-refractivity contribution in [3.63, 3.8) is 0 Å². The Morgan fingerprint density at radius 2 is 2.26 bits per heavy atom. The fraction of sp³-hybridized carbons (Fsp3) is 0.462. The summed E-state index contributed by atoms with van der Waals surface area (Å²) in [6.45, 7) is 3.38. The van der Waals surface area contributed by atoms with Crippen molar-refractivity contribution in [2.45, 2.75) is 19.6 Å². The van der Waals surface area contributed by atoms with Crippen molar-refractivity contribution < 1.29 is 15.1 Å². The van der Waals surface area contributed by atoms with Gasteiger partial charge in [-0.1, -0.05) is 17.3 Å². The number of methoxy groups -OCH3 is 1. The highest BCUT2D eigenvalue weighted by atomic mass is 16.5. The summed E-state index contributed by atoms with van der Waals surface area (Å²) in [5, 5.41) is 24.2. The lowest BCUT2D eigenvalue weighted by Gasteiger charge is -2.12. The third-order valence-corrected chi connectivity index (χ3v) is 2.80. The first-order valence-corrected chi connectivity index (χ1v) is 6.03. The molecule has 0 saturated heterocycles. The average molecular weight is 267 g/mol. The van der Waals surface area contributed by atoms with Crippen LogP contribution >= 0.6 is 0 Å². The molecule has 1 aromatic rings. The van der Waals surface area contributed by atoms with Crippen molar-refractivity contribution in [2.24, 2.45) is 10.9 Å². The van der Waals surface area contributed by atoms with Crippen molar-refractivity contribution in [3.05, 3.63) is 34.9 Å². The summed E-state index contributed by atoms with van der Waals surface area (Å²) in [5.41, 5.74) is 8.34. The highest BCUT2D eigenvalue weighted by Gasteiger charge is 2.05. The van der Waals surface area contributed by atoms with E-state index < -0.39 is 6.10 Å². The first-order chi connectivity index (χ1) is 9.08. The Bertz CT molecular complexity index is 435. The Morgan fingerprint density at radius 1 is 1.53 bits per heavy atom. The first-order valence-electron chi connectivity index (χ1n) is 6.03. The molecule has 6 nitrogen and oxygen atoms in total. The van der Waals surface area contributed by atoms with Crippen LogP contribution in [0.5, 0.6) is 0 Å². The number of hydrogen-bond donors (Lipinski definition) is 4. The number of ether oxygens (including phenoxy) is 1. The molecule has 1 aromatic carbocycles. The quantitative estimate of drug-likeness (QED) is 0.244. The SMILES string of the molecule is COCC(O)CNCc1ccc(/C(N)=N/O)cc1C. The largest absolute Gasteiger partial charge is 0.409 e. The summed E-state index contributed by atoms with van der Waals surface area (Å²) in [4.78, 5) is 0. The van der Waals surface area contributed by atoms with Crippen LogP contribution in [0.15, 0.2) is 23.4 Å². The van der Waals surface area contributed by atoms with Gasteiger partial charge in [0.2, 0.25) is 0 Å². The summed E-state index contributed by atoms with van der Waals surface area (Å²) < 4.78 is 4.84. The molecular formula is C13H21N3O3. The van der Waals surface area contributed by atoms with Crippen LogP contribution in [-0.4, -0.2) is 42.5 Å². The monoisotopic (exact) mass is 267 g/mol. The smallest absolute Gasteiger partial charge is 0.170 e. The number of amidine groups is 1. The van der Waals surface area contributed by atoms with Crippen LogP contribution in [0.3, 0.4) is 0 Å². The normalized spacial score (nSPS) is 13.5. The number of aryl methyl sites for hydroxylation is 1. The van der Waals surface area contributed by atoms with Gasteiger partial charge < -0.3 is 26.1 Å². The van der Waals surface area contributed by atoms with Crippen molar-refractivity contribution in [1.29, 1.82) is 0 Å². The minimum Gasteiger partial charge on any atom is -0.409 e. The number of rotatable bonds is 7. The minimum absolute atomic E-state index is 0.0955. The zero-order chi connectivity index (χ0) is 14.3. The molecule has 0 bridgehead atoms. The number of nitrogens with zero attached hydrogens (tertiary/aromatic N) is 1. The van der Waals surface area contributed by atoms with Crippen LogP contribution < -0.4 is 11.1 Å². The second-order valence-electron chi connectivity index (χ2n) is 4.37. The lowest BCUT2D eigenvalue weighted by atomic mass is 10.0. The minimum atomic E-state index is -0.512. The van der Waals surface area contributed by atoms with Crippen LogP contribution in [0, 0.1) is 6.92 Å². The Hall–Kier alpha value is -1.63. The third-order valence-electron chi connectivity index (χ3n) is 2.80. The van der Waals surface area contributed by atoms with Crippen LogP contribution in [0.4, 0.5) is 0 Å². The number of aliphatic hydroxyl groups excluding tert-OH is 1. The molecule has 0 saturated carbocycles. The molecule has 1 unspecified atom stereocenters. The topological polar surface area (TPSA) is 100 Å². The molecule has 0 spiro atoms. The van der Waals surface area contributed by atoms with E-state index in [1.54, 1.807) is 13.2 Å². The Balaban J connectivity index is 2.56. The highest BCUT2D eigenvalue weighted by molar-refractivity contribution is 5.97. The fourth-order valence-corrected chi connectivity index (χ4v) is 1.74. The summed E-state index contributed by atoms with van der Waals surface area (Å²) in [7, 11) is 1.55. The predicted molar refractivity (Wildman–Crippen MR) is 73.3 cm³/mol. The lowest BCUT2D eigenvalue weighted by molar-refractivity contribution is 0.0644. The molecular weight excluding hydrogens is 246 g/mol. The van der Waals surface area contributed by atoms with Crippen LogP contribution in [0.2, 0.25) is 0 Å². The second-order valence-corrected chi connectivity index (χ2v) is 4.37. The fourth-order valence-electron chi connectivity index (χ4n) is 1.74. The van der Waals surface area contributed by atoms with Gasteiger partial charge in [0.25, 0.3) is 0 Å². The van der Waals surface area contributed by atoms with Gasteiger partial charge in [0.15, 0.2) is 5.84 Å². The second kappa shape index (κ2) is 7.73. The Morgan fingerprint density at radius 3 is 2.84 bits per heavy atom. The van der Waals surface area contributed by atoms with Gasteiger partial charge in [-0.25, -0.2) is 0 Å². The van der Waals surface area contributed by atoms with Crippen molar-refractivity contribution in [1.82, 2.24) is 5.32 Å². The Kier molecular flexibility index (Phi) is 6.27. The molecule has 1 atom stereocenters. The molecule has 0 aromatic heterocycles. The number of hydrogen-bond acceptors (Lipinski definition) is 5. The molecule has 106 valence electrons. The Labute approximate surface area is 112 Å². The van der Waals surface area contributed by atoms with Gasteiger partial charge in [0.1, 0.15) is 0 Å². The van der Waals surface area contributed by atoms with E-state index in [0.29, 0.717) is 25.3 Å². The van der Waals surface area contributed by atoms with E-state index in [0.717, 1.165) is 11.1 Å². The maximum atomic E-state index is 9.50. The third kappa shape index (κ3) is 4.86. The molecule has 0 fully saturated rings. The molecule has 0 aliphatic heterocycles. The maximum absolute atomic E-state index is 9.50. The van der Waals surface area contributed by atoms with Crippen LogP contribution in [0.25, 0.3) is 0 Å². The summed E-state index contributed by atoms with van der Waals surface area (Å²) in [5.74, 6) is 0.0955. The molecule has 0 radical (unpaired) electrons. The summed E-state index contributed by atoms with van der Waals surface area (Å²) >= 11 is 0. The highest BCUT2D eigenvalue weighted by Crippen LogP contribution is 2.11. The number of aliphatic hydroxyl groups is 1. The molecule has 6 heteroatoms. The summed E-state index contributed by atoms with van der Waals surface area (Å²) in [6.07, 6.45) is -0.512. The van der Waals surface area contributed by atoms with Gasteiger partial charge in [-0.2, -0.15) is 0 Å². The van der Waals surface area contributed by atoms with E-state index in [1.165, 1.54) is 0 Å². The van der Waals surface area contributed by atoms with Crippen LogP contribution in [0.1, 0.15) is 16.7 Å². The van der Waals surface area contributed by atoms with Gasteiger partial charge in [0.05, 0.1) is 12.7 Å². The number of nitrogens with one attached hydrogen (secondary N) is 1. The van der Waals surface area contributed by atoms with Gasteiger partial charge in [0, 0.05) is 25.8 Å². The molecule has 0 aliphatic carbocycles. The van der Waals surface area contributed by atoms with Crippen LogP contribution in [-0.2, 0) is 11.3 Å². The van der Waals surface area contributed by atoms with Gasteiger partial charge in [-0.15, -0.1) is 0 Å². The van der Waals surface area contributed by atoms with Crippen molar-refractivity contribution in [2.75, 3.05) is 20.3 Å². The summed E-state index contributed by atoms with van der Waals surface area (Å²) in [6, 6.07) is 5.57. The predicted octanol–water partition coefficient (Wildman–Crippen LogP) is 0.186. The van der Waals surface area contributed by atoms with E-state index >= 15 is 0 Å². The molecule has 1 rings (SSSR count). The number of nitrogens with two attached hydrogens (primary N) is 1.